The summed E-state index contributed by atoms with van der Waals surface area (Å²) in [4.78, 5) is 28.0. The molecule has 130 valence electrons. The highest BCUT2D eigenvalue weighted by Gasteiger charge is 2.23. The fraction of sp³-hybridized carbons (Fsp3) is 0.471. The first kappa shape index (κ1) is 18.3. The molecule has 24 heavy (non-hydrogen) atoms. The SMILES string of the molecule is CCC(C)C(NC(=O)CSCc1cn2cc(C)ccc2n1)C(N)=O. The first-order chi connectivity index (χ1) is 11.4. The Bertz CT molecular complexity index is 728. The van der Waals surface area contributed by atoms with Crippen molar-refractivity contribution in [2.75, 3.05) is 5.75 Å². The Balaban J connectivity index is 1.86. The van der Waals surface area contributed by atoms with Crippen LogP contribution in [0.2, 0.25) is 0 Å². The second-order valence-electron chi connectivity index (χ2n) is 6.03. The molecule has 7 heteroatoms. The lowest BCUT2D eigenvalue weighted by molar-refractivity contribution is -0.127. The van der Waals surface area contributed by atoms with Crippen molar-refractivity contribution in [1.82, 2.24) is 14.7 Å². The summed E-state index contributed by atoms with van der Waals surface area (Å²) in [5, 5.41) is 2.73. The molecule has 0 aliphatic rings. The van der Waals surface area contributed by atoms with Crippen molar-refractivity contribution in [3.8, 4) is 0 Å². The lowest BCUT2D eigenvalue weighted by Gasteiger charge is -2.20. The molecule has 2 unspecified atom stereocenters. The molecule has 0 spiro atoms. The fourth-order valence-electron chi connectivity index (χ4n) is 2.42. The van der Waals surface area contributed by atoms with E-state index in [0.29, 0.717) is 5.75 Å². The molecule has 2 aromatic heterocycles. The fourth-order valence-corrected chi connectivity index (χ4v) is 3.14. The van der Waals surface area contributed by atoms with Crippen LogP contribution in [0.4, 0.5) is 0 Å². The average Bonchev–Trinajstić information content (AvgIpc) is 2.93. The zero-order valence-corrected chi connectivity index (χ0v) is 15.1. The molecule has 0 radical (unpaired) electrons. The van der Waals surface area contributed by atoms with Crippen molar-refractivity contribution in [1.29, 1.82) is 0 Å². The molecule has 3 N–H and O–H groups in total. The number of carbonyl (C=O) groups excluding carboxylic acids is 2. The van der Waals surface area contributed by atoms with Crippen LogP contribution in [0, 0.1) is 12.8 Å². The standard InChI is InChI=1S/C17H24N4O2S/c1-4-12(3)16(17(18)23)20-15(22)10-24-9-13-8-21-7-11(2)5-6-14(21)19-13/h5-8,12,16H,4,9-10H2,1-3H3,(H2,18,23)(H,20,22). The number of pyridine rings is 1. The van der Waals surface area contributed by atoms with E-state index in [1.165, 1.54) is 17.3 Å². The van der Waals surface area contributed by atoms with Crippen molar-refractivity contribution in [2.24, 2.45) is 11.7 Å². The number of carbonyl (C=O) groups is 2. The highest BCUT2D eigenvalue weighted by molar-refractivity contribution is 7.99. The topological polar surface area (TPSA) is 89.5 Å². The van der Waals surface area contributed by atoms with Gasteiger partial charge in [0.2, 0.25) is 11.8 Å². The molecule has 0 saturated carbocycles. The van der Waals surface area contributed by atoms with Crippen LogP contribution >= 0.6 is 11.8 Å². The lowest BCUT2D eigenvalue weighted by Crippen LogP contribution is -2.48. The van der Waals surface area contributed by atoms with E-state index in [2.05, 4.69) is 10.3 Å². The Hall–Kier alpha value is -2.02. The van der Waals surface area contributed by atoms with Gasteiger partial charge in [-0.05, 0) is 24.5 Å². The number of nitrogens with two attached hydrogens (primary N) is 1. The highest BCUT2D eigenvalue weighted by atomic mass is 32.2. The Morgan fingerprint density at radius 1 is 1.38 bits per heavy atom. The van der Waals surface area contributed by atoms with Gasteiger partial charge in [-0.2, -0.15) is 0 Å². The smallest absolute Gasteiger partial charge is 0.240 e. The largest absolute Gasteiger partial charge is 0.368 e. The van der Waals surface area contributed by atoms with Crippen molar-refractivity contribution in [3.63, 3.8) is 0 Å². The third-order valence-electron chi connectivity index (χ3n) is 3.97. The Kier molecular flexibility index (Phi) is 6.25. The molecule has 2 atom stereocenters. The summed E-state index contributed by atoms with van der Waals surface area (Å²) in [6.07, 6.45) is 4.77. The van der Waals surface area contributed by atoms with Gasteiger partial charge in [-0.15, -0.1) is 11.8 Å². The number of aromatic nitrogens is 2. The van der Waals surface area contributed by atoms with Crippen LogP contribution in [-0.4, -0.2) is 33.0 Å². The maximum absolute atomic E-state index is 12.0. The minimum atomic E-state index is -0.610. The molecular weight excluding hydrogens is 324 g/mol. The van der Waals surface area contributed by atoms with Crippen LogP contribution in [0.3, 0.4) is 0 Å². The van der Waals surface area contributed by atoms with Gasteiger partial charge >= 0.3 is 0 Å². The molecule has 6 nitrogen and oxygen atoms in total. The summed E-state index contributed by atoms with van der Waals surface area (Å²) in [5.41, 5.74) is 8.35. The third-order valence-corrected chi connectivity index (χ3v) is 4.93. The highest BCUT2D eigenvalue weighted by Crippen LogP contribution is 2.14. The normalized spacial score (nSPS) is 13.6. The Labute approximate surface area is 146 Å². The molecule has 0 aliphatic carbocycles. The first-order valence-corrected chi connectivity index (χ1v) is 9.16. The quantitative estimate of drug-likeness (QED) is 0.762. The number of imidazole rings is 1. The molecule has 0 fully saturated rings. The summed E-state index contributed by atoms with van der Waals surface area (Å²) in [6.45, 7) is 5.90. The number of nitrogens with zero attached hydrogens (tertiary/aromatic N) is 2. The van der Waals surface area contributed by atoms with Gasteiger partial charge in [-0.3, -0.25) is 9.59 Å². The molecule has 0 bridgehead atoms. The van der Waals surface area contributed by atoms with Crippen molar-refractivity contribution < 1.29 is 9.59 Å². The number of aryl methyl sites for hydroxylation is 1. The lowest BCUT2D eigenvalue weighted by atomic mass is 9.99. The first-order valence-electron chi connectivity index (χ1n) is 8.01. The van der Waals surface area contributed by atoms with Gasteiger partial charge in [0.05, 0.1) is 11.4 Å². The molecule has 2 rings (SSSR count). The van der Waals surface area contributed by atoms with Gasteiger partial charge in [0.25, 0.3) is 0 Å². The van der Waals surface area contributed by atoms with Gasteiger partial charge < -0.3 is 15.5 Å². The third kappa shape index (κ3) is 4.74. The summed E-state index contributed by atoms with van der Waals surface area (Å²) < 4.78 is 1.98. The van der Waals surface area contributed by atoms with Crippen LogP contribution in [-0.2, 0) is 15.3 Å². The van der Waals surface area contributed by atoms with Crippen LogP contribution < -0.4 is 11.1 Å². The maximum atomic E-state index is 12.0. The van der Waals surface area contributed by atoms with Crippen LogP contribution in [0.25, 0.3) is 5.65 Å². The summed E-state index contributed by atoms with van der Waals surface area (Å²) in [6, 6.07) is 3.38. The van der Waals surface area contributed by atoms with E-state index in [0.717, 1.165) is 17.8 Å². The van der Waals surface area contributed by atoms with Crippen LogP contribution in [0.5, 0.6) is 0 Å². The van der Waals surface area contributed by atoms with Gasteiger partial charge in [-0.25, -0.2) is 4.98 Å². The minimum absolute atomic E-state index is 0.0260. The summed E-state index contributed by atoms with van der Waals surface area (Å²) in [5.74, 6) is 0.270. The number of nitrogens with one attached hydrogen (secondary N) is 1. The molecule has 2 heterocycles. The second kappa shape index (κ2) is 8.19. The number of hydrogen-bond acceptors (Lipinski definition) is 4. The van der Waals surface area contributed by atoms with E-state index in [4.69, 9.17) is 5.73 Å². The molecule has 0 aliphatic heterocycles. The van der Waals surface area contributed by atoms with Gasteiger partial charge in [-0.1, -0.05) is 26.3 Å². The molecular formula is C17H24N4O2S. The van der Waals surface area contributed by atoms with Gasteiger partial charge in [0.15, 0.2) is 0 Å². The van der Waals surface area contributed by atoms with E-state index in [-0.39, 0.29) is 17.6 Å². The van der Waals surface area contributed by atoms with E-state index in [1.54, 1.807) is 0 Å². The Morgan fingerprint density at radius 3 is 2.79 bits per heavy atom. The van der Waals surface area contributed by atoms with Crippen molar-refractivity contribution in [3.05, 3.63) is 35.8 Å². The van der Waals surface area contributed by atoms with E-state index >= 15 is 0 Å². The van der Waals surface area contributed by atoms with Crippen molar-refractivity contribution >= 4 is 29.2 Å². The molecule has 0 saturated heterocycles. The van der Waals surface area contributed by atoms with Gasteiger partial charge in [0, 0.05) is 18.1 Å². The van der Waals surface area contributed by atoms with Gasteiger partial charge in [0.1, 0.15) is 11.7 Å². The summed E-state index contributed by atoms with van der Waals surface area (Å²) >= 11 is 1.47. The number of fused-ring (bicyclic) bond motifs is 1. The zero-order valence-electron chi connectivity index (χ0n) is 14.3. The molecule has 2 aromatic rings. The van der Waals surface area contributed by atoms with E-state index in [1.807, 2.05) is 49.7 Å². The predicted octanol–water partition coefficient (Wildman–Crippen LogP) is 1.89. The van der Waals surface area contributed by atoms with E-state index < -0.39 is 11.9 Å². The number of rotatable bonds is 8. The monoisotopic (exact) mass is 348 g/mol. The second-order valence-corrected chi connectivity index (χ2v) is 7.02. The number of amides is 2. The van der Waals surface area contributed by atoms with E-state index in [9.17, 15) is 9.59 Å². The molecule has 2 amide bonds. The van der Waals surface area contributed by atoms with Crippen LogP contribution in [0.1, 0.15) is 31.5 Å². The number of primary amides is 1. The minimum Gasteiger partial charge on any atom is -0.368 e. The van der Waals surface area contributed by atoms with Crippen LogP contribution in [0.15, 0.2) is 24.5 Å². The summed E-state index contributed by atoms with van der Waals surface area (Å²) in [7, 11) is 0. The molecule has 0 aromatic carbocycles. The Morgan fingerprint density at radius 2 is 2.12 bits per heavy atom. The average molecular weight is 348 g/mol. The predicted molar refractivity (Wildman–Crippen MR) is 96.7 cm³/mol. The van der Waals surface area contributed by atoms with Crippen molar-refractivity contribution in [2.45, 2.75) is 39.0 Å². The maximum Gasteiger partial charge on any atom is 0.240 e. The zero-order chi connectivity index (χ0) is 17.7. The number of hydrogen-bond donors (Lipinski definition) is 2. The number of thioether (sulfide) groups is 1.